The SMILES string of the molecule is OC(COCc1cccs1)CN1CCn2c(nnc2C2CC2)C1. The number of fused-ring (bicyclic) bond motifs is 1. The molecule has 7 heteroatoms. The number of aliphatic hydroxyl groups excluding tert-OH is 1. The maximum Gasteiger partial charge on any atom is 0.147 e. The van der Waals surface area contributed by atoms with Gasteiger partial charge in [0.15, 0.2) is 0 Å². The third-order valence-electron chi connectivity index (χ3n) is 4.41. The predicted molar refractivity (Wildman–Crippen MR) is 87.3 cm³/mol. The van der Waals surface area contributed by atoms with Crippen molar-refractivity contribution in [3.63, 3.8) is 0 Å². The second kappa shape index (κ2) is 6.68. The summed E-state index contributed by atoms with van der Waals surface area (Å²) >= 11 is 1.68. The van der Waals surface area contributed by atoms with Gasteiger partial charge in [0.2, 0.25) is 0 Å². The Balaban J connectivity index is 1.24. The molecule has 1 fully saturated rings. The van der Waals surface area contributed by atoms with Crippen LogP contribution in [0.1, 0.15) is 35.3 Å². The smallest absolute Gasteiger partial charge is 0.147 e. The molecule has 1 unspecified atom stereocenters. The highest BCUT2D eigenvalue weighted by atomic mass is 32.1. The number of β-amino-alcohol motifs (C(OH)–C–C–N with tert-alkyl or cyclic N) is 1. The summed E-state index contributed by atoms with van der Waals surface area (Å²) in [6.45, 7) is 4.20. The van der Waals surface area contributed by atoms with Crippen molar-refractivity contribution in [2.45, 2.75) is 44.6 Å². The molecule has 1 aliphatic carbocycles. The number of rotatable bonds is 7. The molecule has 2 aromatic rings. The molecule has 0 saturated heterocycles. The average molecular weight is 334 g/mol. The lowest BCUT2D eigenvalue weighted by atomic mass is 10.2. The second-order valence-corrected chi connectivity index (χ2v) is 7.42. The molecule has 0 radical (unpaired) electrons. The van der Waals surface area contributed by atoms with Crippen LogP contribution >= 0.6 is 11.3 Å². The molecule has 1 saturated carbocycles. The van der Waals surface area contributed by atoms with Gasteiger partial charge in [-0.3, -0.25) is 4.90 Å². The maximum atomic E-state index is 10.2. The van der Waals surface area contributed by atoms with E-state index in [2.05, 4.69) is 19.7 Å². The highest BCUT2D eigenvalue weighted by Gasteiger charge is 2.32. The fourth-order valence-electron chi connectivity index (χ4n) is 3.07. The van der Waals surface area contributed by atoms with E-state index in [0.717, 1.165) is 25.5 Å². The summed E-state index contributed by atoms with van der Waals surface area (Å²) < 4.78 is 7.87. The van der Waals surface area contributed by atoms with Gasteiger partial charge in [-0.25, -0.2) is 0 Å². The van der Waals surface area contributed by atoms with Crippen molar-refractivity contribution in [3.8, 4) is 0 Å². The van der Waals surface area contributed by atoms with Crippen LogP contribution in [-0.4, -0.2) is 50.6 Å². The largest absolute Gasteiger partial charge is 0.389 e. The van der Waals surface area contributed by atoms with E-state index in [9.17, 15) is 5.11 Å². The van der Waals surface area contributed by atoms with Gasteiger partial charge in [-0.15, -0.1) is 21.5 Å². The van der Waals surface area contributed by atoms with Gasteiger partial charge in [0.25, 0.3) is 0 Å². The van der Waals surface area contributed by atoms with Crippen molar-refractivity contribution >= 4 is 11.3 Å². The van der Waals surface area contributed by atoms with Crippen LogP contribution in [0, 0.1) is 0 Å². The van der Waals surface area contributed by atoms with E-state index in [0.29, 0.717) is 25.7 Å². The van der Waals surface area contributed by atoms with Crippen LogP contribution in [0.3, 0.4) is 0 Å². The Morgan fingerprint density at radius 1 is 1.35 bits per heavy atom. The topological polar surface area (TPSA) is 63.4 Å². The summed E-state index contributed by atoms with van der Waals surface area (Å²) in [4.78, 5) is 3.43. The number of hydrogen-bond donors (Lipinski definition) is 1. The van der Waals surface area contributed by atoms with Crippen LogP contribution in [-0.2, 0) is 24.4 Å². The Bertz CT molecular complexity index is 639. The zero-order chi connectivity index (χ0) is 15.6. The van der Waals surface area contributed by atoms with Crippen molar-refractivity contribution in [1.29, 1.82) is 0 Å². The summed E-state index contributed by atoms with van der Waals surface area (Å²) in [5.41, 5.74) is 0. The monoisotopic (exact) mass is 334 g/mol. The zero-order valence-corrected chi connectivity index (χ0v) is 13.9. The molecule has 4 rings (SSSR count). The van der Waals surface area contributed by atoms with E-state index in [1.54, 1.807) is 11.3 Å². The maximum absolute atomic E-state index is 10.2. The Kier molecular flexibility index (Phi) is 4.43. The van der Waals surface area contributed by atoms with Crippen molar-refractivity contribution in [1.82, 2.24) is 19.7 Å². The van der Waals surface area contributed by atoms with Gasteiger partial charge in [0, 0.05) is 30.4 Å². The van der Waals surface area contributed by atoms with E-state index >= 15 is 0 Å². The lowest BCUT2D eigenvalue weighted by molar-refractivity contribution is 0.00607. The lowest BCUT2D eigenvalue weighted by Gasteiger charge is -2.29. The first-order valence-electron chi connectivity index (χ1n) is 8.22. The average Bonchev–Trinajstić information content (AvgIpc) is 3.09. The molecular formula is C16H22N4O2S. The zero-order valence-electron chi connectivity index (χ0n) is 13.1. The highest BCUT2D eigenvalue weighted by Crippen LogP contribution is 2.39. The van der Waals surface area contributed by atoms with Crippen molar-refractivity contribution in [3.05, 3.63) is 34.0 Å². The van der Waals surface area contributed by atoms with Gasteiger partial charge in [0.1, 0.15) is 11.6 Å². The van der Waals surface area contributed by atoms with Gasteiger partial charge in [-0.2, -0.15) is 0 Å². The number of nitrogens with zero attached hydrogens (tertiary/aromatic N) is 4. The minimum absolute atomic E-state index is 0.369. The molecule has 2 aliphatic rings. The quantitative estimate of drug-likeness (QED) is 0.833. The molecule has 1 atom stereocenters. The first kappa shape index (κ1) is 15.3. The van der Waals surface area contributed by atoms with E-state index in [1.165, 1.54) is 23.5 Å². The van der Waals surface area contributed by atoms with Crippen molar-refractivity contribution in [2.24, 2.45) is 0 Å². The van der Waals surface area contributed by atoms with Crippen LogP contribution in [0.15, 0.2) is 17.5 Å². The molecule has 3 heterocycles. The summed E-state index contributed by atoms with van der Waals surface area (Å²) in [6, 6.07) is 4.06. The number of aromatic nitrogens is 3. The Morgan fingerprint density at radius 3 is 3.04 bits per heavy atom. The minimum Gasteiger partial charge on any atom is -0.389 e. The van der Waals surface area contributed by atoms with Crippen LogP contribution < -0.4 is 0 Å². The third kappa shape index (κ3) is 3.63. The van der Waals surface area contributed by atoms with Gasteiger partial charge in [-0.1, -0.05) is 6.07 Å². The molecule has 0 aromatic carbocycles. The first-order valence-corrected chi connectivity index (χ1v) is 9.10. The lowest BCUT2D eigenvalue weighted by Crippen LogP contribution is -2.40. The third-order valence-corrected chi connectivity index (χ3v) is 5.26. The fourth-order valence-corrected chi connectivity index (χ4v) is 3.71. The minimum atomic E-state index is -0.465. The normalized spacial score (nSPS) is 19.7. The number of thiophene rings is 1. The molecule has 1 aliphatic heterocycles. The predicted octanol–water partition coefficient (Wildman–Crippen LogP) is 1.61. The van der Waals surface area contributed by atoms with Crippen molar-refractivity contribution < 1.29 is 9.84 Å². The molecular weight excluding hydrogens is 312 g/mol. The van der Waals surface area contributed by atoms with Gasteiger partial charge in [-0.05, 0) is 24.3 Å². The molecule has 6 nitrogen and oxygen atoms in total. The van der Waals surface area contributed by atoms with Crippen LogP contribution in [0.25, 0.3) is 0 Å². The summed E-state index contributed by atoms with van der Waals surface area (Å²) in [7, 11) is 0. The molecule has 0 bridgehead atoms. The second-order valence-electron chi connectivity index (χ2n) is 6.38. The Labute approximate surface area is 139 Å². The Hall–Kier alpha value is -1.28. The van der Waals surface area contributed by atoms with E-state index in [1.807, 2.05) is 17.5 Å². The van der Waals surface area contributed by atoms with Crippen molar-refractivity contribution in [2.75, 3.05) is 19.7 Å². The fraction of sp³-hybridized carbons (Fsp3) is 0.625. The van der Waals surface area contributed by atoms with E-state index in [-0.39, 0.29) is 0 Å². The van der Waals surface area contributed by atoms with Crippen LogP contribution in [0.5, 0.6) is 0 Å². The van der Waals surface area contributed by atoms with Gasteiger partial charge < -0.3 is 14.4 Å². The molecule has 1 N–H and O–H groups in total. The summed E-state index contributed by atoms with van der Waals surface area (Å²) in [5, 5.41) is 20.9. The van der Waals surface area contributed by atoms with Crippen LogP contribution in [0.4, 0.5) is 0 Å². The number of ether oxygens (including phenoxy) is 1. The van der Waals surface area contributed by atoms with E-state index in [4.69, 9.17) is 4.74 Å². The molecule has 0 amide bonds. The van der Waals surface area contributed by atoms with E-state index < -0.39 is 6.10 Å². The number of aliphatic hydroxyl groups is 1. The van der Waals surface area contributed by atoms with Crippen LogP contribution in [0.2, 0.25) is 0 Å². The number of hydrogen-bond acceptors (Lipinski definition) is 6. The molecule has 0 spiro atoms. The standard InChI is InChI=1S/C16H22N4O2S/c21-13(10-22-11-14-2-1-7-23-14)8-19-5-6-20-15(9-19)17-18-16(20)12-3-4-12/h1-2,7,12-13,21H,3-6,8-11H2. The summed E-state index contributed by atoms with van der Waals surface area (Å²) in [6.07, 6.45) is 2.04. The highest BCUT2D eigenvalue weighted by molar-refractivity contribution is 7.09. The van der Waals surface area contributed by atoms with Gasteiger partial charge >= 0.3 is 0 Å². The molecule has 124 valence electrons. The first-order chi connectivity index (χ1) is 11.3. The molecule has 2 aromatic heterocycles. The Morgan fingerprint density at radius 2 is 2.26 bits per heavy atom. The molecule has 23 heavy (non-hydrogen) atoms. The van der Waals surface area contributed by atoms with Gasteiger partial charge in [0.05, 0.1) is 25.9 Å². The summed E-state index contributed by atoms with van der Waals surface area (Å²) in [5.74, 6) is 2.84.